The third kappa shape index (κ3) is 4.12. The van der Waals surface area contributed by atoms with Gasteiger partial charge in [-0.25, -0.2) is 4.98 Å². The van der Waals surface area contributed by atoms with Crippen LogP contribution in [0.25, 0.3) is 10.9 Å². The van der Waals surface area contributed by atoms with E-state index in [0.29, 0.717) is 27.0 Å². The van der Waals surface area contributed by atoms with E-state index in [-0.39, 0.29) is 28.6 Å². The number of hydrogen-bond donors (Lipinski definition) is 2. The van der Waals surface area contributed by atoms with Gasteiger partial charge in [0, 0.05) is 5.69 Å². The molecule has 2 N–H and O–H groups in total. The van der Waals surface area contributed by atoms with Crippen LogP contribution in [-0.4, -0.2) is 21.4 Å². The topological polar surface area (TPSA) is 117 Å². The minimum Gasteiger partial charge on any atom is -0.321 e. The molecule has 158 valence electrons. The second kappa shape index (κ2) is 8.83. The number of anilines is 2. The van der Waals surface area contributed by atoms with Crippen LogP contribution in [0.4, 0.5) is 10.7 Å². The summed E-state index contributed by atoms with van der Waals surface area (Å²) < 4.78 is 1.20. The van der Waals surface area contributed by atoms with Crippen molar-refractivity contribution in [2.75, 3.05) is 10.6 Å². The monoisotopic (exact) mass is 443 g/mol. The number of para-hydroxylation sites is 2. The van der Waals surface area contributed by atoms with E-state index < -0.39 is 5.91 Å². The van der Waals surface area contributed by atoms with Crippen LogP contribution in [0, 0.1) is 18.3 Å². The fourth-order valence-electron chi connectivity index (χ4n) is 3.20. The van der Waals surface area contributed by atoms with Gasteiger partial charge in [0.2, 0.25) is 5.91 Å². The molecule has 0 spiro atoms. The van der Waals surface area contributed by atoms with Crippen LogP contribution < -0.4 is 16.2 Å². The molecule has 0 radical (unpaired) electrons. The molecule has 2 heterocycles. The number of benzene rings is 2. The van der Waals surface area contributed by atoms with E-state index in [2.05, 4.69) is 15.6 Å². The van der Waals surface area contributed by atoms with Gasteiger partial charge in [-0.3, -0.25) is 19.0 Å². The summed E-state index contributed by atoms with van der Waals surface area (Å²) in [4.78, 5) is 42.4. The lowest BCUT2D eigenvalue weighted by Gasteiger charge is -2.07. The highest BCUT2D eigenvalue weighted by molar-refractivity contribution is 7.18. The SMILES string of the molecule is Cc1c(C(=O)Nc2ccccc2)sc(NC(=O)Cn2cnc3ccccc3c2=O)c1C#N. The lowest BCUT2D eigenvalue weighted by atomic mass is 10.1. The maximum atomic E-state index is 12.7. The van der Waals surface area contributed by atoms with E-state index in [1.54, 1.807) is 55.5 Å². The largest absolute Gasteiger partial charge is 0.321 e. The second-order valence-corrected chi connectivity index (χ2v) is 7.96. The number of fused-ring (bicyclic) bond motifs is 1. The summed E-state index contributed by atoms with van der Waals surface area (Å²) in [6.45, 7) is 1.38. The van der Waals surface area contributed by atoms with Crippen LogP contribution in [0.2, 0.25) is 0 Å². The summed E-state index contributed by atoms with van der Waals surface area (Å²) in [6, 6.07) is 17.9. The molecule has 2 amide bonds. The summed E-state index contributed by atoms with van der Waals surface area (Å²) in [6.07, 6.45) is 1.31. The molecule has 4 rings (SSSR count). The van der Waals surface area contributed by atoms with E-state index in [9.17, 15) is 19.6 Å². The Bertz CT molecular complexity index is 1430. The number of hydrogen-bond acceptors (Lipinski definition) is 6. The standard InChI is InChI=1S/C23H17N5O3S/c1-14-17(11-24)22(32-20(14)21(30)26-15-7-3-2-4-8-15)27-19(29)12-28-13-25-18-10-6-5-9-16(18)23(28)31/h2-10,13H,12H2,1H3,(H,26,30)(H,27,29). The Morgan fingerprint density at radius 2 is 1.81 bits per heavy atom. The number of carbonyl (C=O) groups excluding carboxylic acids is 2. The molecule has 0 bridgehead atoms. The molecule has 0 fully saturated rings. The van der Waals surface area contributed by atoms with Gasteiger partial charge in [0.1, 0.15) is 17.6 Å². The van der Waals surface area contributed by atoms with Crippen LogP contribution >= 0.6 is 11.3 Å². The van der Waals surface area contributed by atoms with Crippen molar-refractivity contribution in [2.45, 2.75) is 13.5 Å². The van der Waals surface area contributed by atoms with Gasteiger partial charge < -0.3 is 10.6 Å². The van der Waals surface area contributed by atoms with Crippen molar-refractivity contribution >= 4 is 44.7 Å². The smallest absolute Gasteiger partial charge is 0.266 e. The van der Waals surface area contributed by atoms with E-state index in [1.807, 2.05) is 12.1 Å². The van der Waals surface area contributed by atoms with Gasteiger partial charge in [-0.2, -0.15) is 5.26 Å². The average molecular weight is 443 g/mol. The Kier molecular flexibility index (Phi) is 5.79. The van der Waals surface area contributed by atoms with Gasteiger partial charge in [-0.15, -0.1) is 11.3 Å². The normalized spacial score (nSPS) is 10.5. The Hall–Kier alpha value is -4.29. The lowest BCUT2D eigenvalue weighted by molar-refractivity contribution is -0.116. The highest BCUT2D eigenvalue weighted by atomic mass is 32.1. The third-order valence-corrected chi connectivity index (χ3v) is 6.00. The Balaban J connectivity index is 1.55. The molecule has 32 heavy (non-hydrogen) atoms. The van der Waals surface area contributed by atoms with Gasteiger partial charge in [-0.1, -0.05) is 30.3 Å². The summed E-state index contributed by atoms with van der Waals surface area (Å²) >= 11 is 1.01. The number of nitriles is 1. The summed E-state index contributed by atoms with van der Waals surface area (Å²) in [5.74, 6) is -0.873. The molecule has 0 saturated carbocycles. The van der Waals surface area contributed by atoms with Crippen molar-refractivity contribution in [1.82, 2.24) is 9.55 Å². The molecule has 0 unspecified atom stereocenters. The quantitative estimate of drug-likeness (QED) is 0.489. The Labute approximate surface area is 186 Å². The van der Waals surface area contributed by atoms with Gasteiger partial charge in [0.05, 0.1) is 27.7 Å². The molecule has 2 aromatic carbocycles. The highest BCUT2D eigenvalue weighted by Gasteiger charge is 2.22. The van der Waals surface area contributed by atoms with E-state index in [4.69, 9.17) is 0 Å². The predicted octanol–water partition coefficient (Wildman–Crippen LogP) is 3.53. The Morgan fingerprint density at radius 3 is 2.56 bits per heavy atom. The number of aromatic nitrogens is 2. The molecule has 0 aliphatic heterocycles. The van der Waals surface area contributed by atoms with Crippen molar-refractivity contribution in [3.05, 3.63) is 87.3 Å². The van der Waals surface area contributed by atoms with Crippen LogP contribution in [0.5, 0.6) is 0 Å². The molecule has 0 atom stereocenters. The molecule has 0 aliphatic rings. The maximum absolute atomic E-state index is 12.7. The molecule has 0 saturated heterocycles. The Morgan fingerprint density at radius 1 is 1.09 bits per heavy atom. The van der Waals surface area contributed by atoms with Crippen LogP contribution in [-0.2, 0) is 11.3 Å². The molecule has 8 nitrogen and oxygen atoms in total. The zero-order valence-electron chi connectivity index (χ0n) is 17.0. The fraction of sp³-hybridized carbons (Fsp3) is 0.0870. The molecule has 2 aromatic heterocycles. The number of rotatable bonds is 5. The molecule has 4 aromatic rings. The molecule has 0 aliphatic carbocycles. The number of nitrogens with zero attached hydrogens (tertiary/aromatic N) is 3. The molecular weight excluding hydrogens is 426 g/mol. The number of carbonyl (C=O) groups is 2. The van der Waals surface area contributed by atoms with Crippen molar-refractivity contribution in [1.29, 1.82) is 5.26 Å². The maximum Gasteiger partial charge on any atom is 0.266 e. The van der Waals surface area contributed by atoms with Crippen LogP contribution in [0.15, 0.2) is 65.7 Å². The summed E-state index contributed by atoms with van der Waals surface area (Å²) in [5, 5.41) is 15.7. The molecule has 9 heteroatoms. The highest BCUT2D eigenvalue weighted by Crippen LogP contribution is 2.33. The fourth-order valence-corrected chi connectivity index (χ4v) is 4.27. The first kappa shape index (κ1) is 21.0. The van der Waals surface area contributed by atoms with Crippen molar-refractivity contribution in [3.8, 4) is 6.07 Å². The first-order chi connectivity index (χ1) is 15.5. The van der Waals surface area contributed by atoms with Crippen molar-refractivity contribution < 1.29 is 9.59 Å². The van der Waals surface area contributed by atoms with Crippen LogP contribution in [0.3, 0.4) is 0 Å². The second-order valence-electron chi connectivity index (χ2n) is 6.94. The minimum atomic E-state index is -0.503. The average Bonchev–Trinajstić information content (AvgIpc) is 3.11. The van der Waals surface area contributed by atoms with E-state index in [1.165, 1.54) is 10.9 Å². The predicted molar refractivity (Wildman–Crippen MR) is 123 cm³/mol. The number of nitrogens with one attached hydrogen (secondary N) is 2. The summed E-state index contributed by atoms with van der Waals surface area (Å²) in [7, 11) is 0. The van der Waals surface area contributed by atoms with Gasteiger partial charge in [0.15, 0.2) is 0 Å². The first-order valence-electron chi connectivity index (χ1n) is 9.62. The zero-order valence-corrected chi connectivity index (χ0v) is 17.8. The van der Waals surface area contributed by atoms with Gasteiger partial charge in [-0.05, 0) is 36.8 Å². The molecular formula is C23H17N5O3S. The van der Waals surface area contributed by atoms with Crippen LogP contribution in [0.1, 0.15) is 20.8 Å². The van der Waals surface area contributed by atoms with Crippen molar-refractivity contribution in [2.24, 2.45) is 0 Å². The van der Waals surface area contributed by atoms with Crippen molar-refractivity contribution in [3.63, 3.8) is 0 Å². The first-order valence-corrected chi connectivity index (χ1v) is 10.4. The van der Waals surface area contributed by atoms with E-state index >= 15 is 0 Å². The summed E-state index contributed by atoms with van der Waals surface area (Å²) in [5.41, 5.74) is 1.52. The van der Waals surface area contributed by atoms with Gasteiger partial charge >= 0.3 is 0 Å². The minimum absolute atomic E-state index is 0.213. The zero-order chi connectivity index (χ0) is 22.7. The van der Waals surface area contributed by atoms with Gasteiger partial charge in [0.25, 0.3) is 11.5 Å². The van der Waals surface area contributed by atoms with E-state index in [0.717, 1.165) is 11.3 Å². The number of thiophene rings is 1. The third-order valence-electron chi connectivity index (χ3n) is 4.79. The lowest BCUT2D eigenvalue weighted by Crippen LogP contribution is -2.27. The number of amides is 2.